The number of piperidine rings is 1. The zero-order valence-corrected chi connectivity index (χ0v) is 16.0. The molecule has 0 aliphatic carbocycles. The molecule has 1 aliphatic rings. The highest BCUT2D eigenvalue weighted by Crippen LogP contribution is 2.26. The summed E-state index contributed by atoms with van der Waals surface area (Å²) in [6.45, 7) is 4.56. The van der Waals surface area contributed by atoms with Gasteiger partial charge in [-0.1, -0.05) is 6.92 Å². The molecular formula is C15H24FN3O4S2. The molecule has 0 amide bonds. The first-order valence-corrected chi connectivity index (χ1v) is 11.4. The van der Waals surface area contributed by atoms with Crippen molar-refractivity contribution in [2.45, 2.75) is 24.7 Å². The first-order chi connectivity index (χ1) is 11.6. The Hall–Kier alpha value is -1.23. The van der Waals surface area contributed by atoms with Crippen molar-refractivity contribution in [1.29, 1.82) is 0 Å². The minimum Gasteiger partial charge on any atom is -0.317 e. The van der Waals surface area contributed by atoms with Crippen LogP contribution in [0.5, 0.6) is 0 Å². The Bertz CT molecular complexity index is 804. The molecule has 7 nitrogen and oxygen atoms in total. The monoisotopic (exact) mass is 393 g/mol. The summed E-state index contributed by atoms with van der Waals surface area (Å²) in [5.74, 6) is -0.488. The van der Waals surface area contributed by atoms with E-state index >= 15 is 0 Å². The summed E-state index contributed by atoms with van der Waals surface area (Å²) >= 11 is 0. The number of rotatable bonds is 7. The smallest absolute Gasteiger partial charge is 0.243 e. The molecule has 10 heteroatoms. The summed E-state index contributed by atoms with van der Waals surface area (Å²) in [6, 6.07) is 3.20. The van der Waals surface area contributed by atoms with Crippen molar-refractivity contribution in [2.24, 2.45) is 5.92 Å². The van der Waals surface area contributed by atoms with E-state index in [2.05, 4.69) is 5.32 Å². The molecule has 2 N–H and O–H groups in total. The minimum absolute atomic E-state index is 0.172. The lowest BCUT2D eigenvalue weighted by atomic mass is 9.98. The fraction of sp³-hybridized carbons (Fsp3) is 0.600. The van der Waals surface area contributed by atoms with E-state index in [0.29, 0.717) is 19.0 Å². The molecule has 2 rings (SSSR count). The van der Waals surface area contributed by atoms with E-state index in [4.69, 9.17) is 0 Å². The van der Waals surface area contributed by atoms with E-state index in [1.165, 1.54) is 10.4 Å². The second-order valence-corrected chi connectivity index (χ2v) is 9.86. The molecule has 0 aromatic heterocycles. The summed E-state index contributed by atoms with van der Waals surface area (Å²) in [5.41, 5.74) is -0.272. The molecule has 1 aromatic carbocycles. The first-order valence-electron chi connectivity index (χ1n) is 8.11. The van der Waals surface area contributed by atoms with Crippen LogP contribution in [0.1, 0.15) is 19.8 Å². The van der Waals surface area contributed by atoms with E-state index < -0.39 is 25.9 Å². The van der Waals surface area contributed by atoms with Crippen molar-refractivity contribution in [3.63, 3.8) is 0 Å². The number of anilines is 1. The Morgan fingerprint density at radius 3 is 2.36 bits per heavy atom. The molecule has 1 heterocycles. The van der Waals surface area contributed by atoms with Crippen LogP contribution in [-0.4, -0.2) is 53.6 Å². The second-order valence-electron chi connectivity index (χ2n) is 6.17. The van der Waals surface area contributed by atoms with E-state index in [1.807, 2.05) is 11.6 Å². The molecule has 1 aliphatic heterocycles. The second kappa shape index (κ2) is 7.98. The summed E-state index contributed by atoms with van der Waals surface area (Å²) in [6.07, 6.45) is 2.40. The van der Waals surface area contributed by atoms with Gasteiger partial charge in [-0.3, -0.25) is 4.72 Å². The Kier molecular flexibility index (Phi) is 6.41. The highest BCUT2D eigenvalue weighted by Gasteiger charge is 2.29. The summed E-state index contributed by atoms with van der Waals surface area (Å²) < 4.78 is 65.1. The molecule has 0 unspecified atom stereocenters. The Morgan fingerprint density at radius 2 is 1.84 bits per heavy atom. The van der Waals surface area contributed by atoms with E-state index in [0.717, 1.165) is 44.3 Å². The molecule has 0 radical (unpaired) electrons. The van der Waals surface area contributed by atoms with Crippen LogP contribution in [-0.2, 0) is 20.0 Å². The number of hydrogen-bond donors (Lipinski definition) is 2. The lowest BCUT2D eigenvalue weighted by Gasteiger charge is -2.31. The van der Waals surface area contributed by atoms with Crippen molar-refractivity contribution in [3.8, 4) is 0 Å². The van der Waals surface area contributed by atoms with Gasteiger partial charge in [0.1, 0.15) is 5.82 Å². The topological polar surface area (TPSA) is 95.6 Å². The van der Waals surface area contributed by atoms with Crippen molar-refractivity contribution in [2.75, 3.05) is 37.2 Å². The number of sulfonamides is 2. The molecular weight excluding hydrogens is 369 g/mol. The number of benzene rings is 1. The van der Waals surface area contributed by atoms with Gasteiger partial charge in [0.15, 0.2) is 0 Å². The third-order valence-corrected chi connectivity index (χ3v) is 6.62. The van der Waals surface area contributed by atoms with Gasteiger partial charge in [0.05, 0.1) is 16.8 Å². The molecule has 0 bridgehead atoms. The zero-order chi connectivity index (χ0) is 18.7. The van der Waals surface area contributed by atoms with Crippen LogP contribution in [0.25, 0.3) is 0 Å². The number of nitrogens with zero attached hydrogens (tertiary/aromatic N) is 1. The quantitative estimate of drug-likeness (QED) is 0.726. The molecule has 0 spiro atoms. The van der Waals surface area contributed by atoms with Gasteiger partial charge in [-0.2, -0.15) is 4.31 Å². The van der Waals surface area contributed by atoms with E-state index in [-0.39, 0.29) is 10.6 Å². The molecule has 25 heavy (non-hydrogen) atoms. The molecule has 0 atom stereocenters. The van der Waals surface area contributed by atoms with Gasteiger partial charge >= 0.3 is 0 Å². The van der Waals surface area contributed by atoms with Crippen LogP contribution in [0, 0.1) is 11.7 Å². The van der Waals surface area contributed by atoms with E-state index in [9.17, 15) is 21.2 Å². The predicted octanol–water partition coefficient (Wildman–Crippen LogP) is 1.21. The average molecular weight is 394 g/mol. The Labute approximate surface area is 148 Å². The van der Waals surface area contributed by atoms with Gasteiger partial charge < -0.3 is 5.32 Å². The van der Waals surface area contributed by atoms with Crippen molar-refractivity contribution >= 4 is 25.7 Å². The standard InChI is InChI=1S/C15H24FN3O4S2/c1-3-17-11-12-6-8-19(9-7-12)25(22,23)13-4-5-15(14(16)10-13)18-24(2,20)21/h4-5,10,12,17-18H,3,6-9,11H2,1-2H3. The zero-order valence-electron chi connectivity index (χ0n) is 14.3. The largest absolute Gasteiger partial charge is 0.317 e. The SMILES string of the molecule is CCNCC1CCN(S(=O)(=O)c2ccc(NS(C)(=O)=O)c(F)c2)CC1. The van der Waals surface area contributed by atoms with Crippen LogP contribution in [0.15, 0.2) is 23.1 Å². The molecule has 1 saturated heterocycles. The van der Waals surface area contributed by atoms with Gasteiger partial charge in [-0.05, 0) is 50.0 Å². The molecule has 142 valence electrons. The lowest BCUT2D eigenvalue weighted by Crippen LogP contribution is -2.40. The average Bonchev–Trinajstić information content (AvgIpc) is 2.54. The van der Waals surface area contributed by atoms with Crippen LogP contribution in [0.3, 0.4) is 0 Å². The summed E-state index contributed by atoms with van der Waals surface area (Å²) in [7, 11) is -7.43. The van der Waals surface area contributed by atoms with Crippen LogP contribution in [0.4, 0.5) is 10.1 Å². The molecule has 1 aromatic rings. The van der Waals surface area contributed by atoms with Crippen molar-refractivity contribution in [3.05, 3.63) is 24.0 Å². The normalized spacial score (nSPS) is 17.6. The Morgan fingerprint density at radius 1 is 1.20 bits per heavy atom. The van der Waals surface area contributed by atoms with Crippen LogP contribution < -0.4 is 10.0 Å². The van der Waals surface area contributed by atoms with E-state index in [1.54, 1.807) is 0 Å². The maximum Gasteiger partial charge on any atom is 0.243 e. The molecule has 1 fully saturated rings. The number of hydrogen-bond acceptors (Lipinski definition) is 5. The number of halogens is 1. The highest BCUT2D eigenvalue weighted by molar-refractivity contribution is 7.92. The maximum atomic E-state index is 14.1. The fourth-order valence-corrected chi connectivity index (χ4v) is 4.84. The lowest BCUT2D eigenvalue weighted by molar-refractivity contribution is 0.268. The van der Waals surface area contributed by atoms with Gasteiger partial charge in [0, 0.05) is 13.1 Å². The Balaban J connectivity index is 2.11. The van der Waals surface area contributed by atoms with Crippen molar-refractivity contribution < 1.29 is 21.2 Å². The first kappa shape index (κ1) is 20.1. The summed E-state index contributed by atoms with van der Waals surface area (Å²) in [5, 5.41) is 3.26. The minimum atomic E-state index is -3.79. The van der Waals surface area contributed by atoms with Gasteiger partial charge in [-0.15, -0.1) is 0 Å². The van der Waals surface area contributed by atoms with Gasteiger partial charge in [0.25, 0.3) is 0 Å². The fourth-order valence-electron chi connectivity index (χ4n) is 2.79. The maximum absolute atomic E-state index is 14.1. The van der Waals surface area contributed by atoms with Crippen LogP contribution in [0.2, 0.25) is 0 Å². The predicted molar refractivity (Wildman–Crippen MR) is 94.9 cm³/mol. The third-order valence-electron chi connectivity index (χ3n) is 4.13. The third kappa shape index (κ3) is 5.37. The van der Waals surface area contributed by atoms with Gasteiger partial charge in [0.2, 0.25) is 20.0 Å². The molecule has 0 saturated carbocycles. The highest BCUT2D eigenvalue weighted by atomic mass is 32.2. The summed E-state index contributed by atoms with van der Waals surface area (Å²) in [4.78, 5) is -0.172. The van der Waals surface area contributed by atoms with Gasteiger partial charge in [-0.25, -0.2) is 21.2 Å². The van der Waals surface area contributed by atoms with Crippen molar-refractivity contribution in [1.82, 2.24) is 9.62 Å². The number of nitrogens with one attached hydrogen (secondary N) is 2. The van der Waals surface area contributed by atoms with Crippen LogP contribution >= 0.6 is 0 Å².